The molecule has 0 aromatic heterocycles. The zero-order chi connectivity index (χ0) is 14.6. The van der Waals surface area contributed by atoms with Crippen LogP contribution in [0.4, 0.5) is 0 Å². The van der Waals surface area contributed by atoms with E-state index < -0.39 is 0 Å². The molecular formula is C17H27BO2. The summed E-state index contributed by atoms with van der Waals surface area (Å²) >= 11 is 0. The predicted octanol–water partition coefficient (Wildman–Crippen LogP) is 4.42. The molecule has 0 radical (unpaired) electrons. The summed E-state index contributed by atoms with van der Waals surface area (Å²) in [5.41, 5.74) is 1.02. The topological polar surface area (TPSA) is 18.5 Å². The first-order chi connectivity index (χ1) is 9.65. The Balaban J connectivity index is 2.20. The molecular weight excluding hydrogens is 247 g/mol. The average Bonchev–Trinajstić information content (AvgIpc) is 2.82. The second kappa shape index (κ2) is 6.32. The van der Waals surface area contributed by atoms with E-state index in [2.05, 4.69) is 52.0 Å². The highest BCUT2D eigenvalue weighted by molar-refractivity contribution is 6.45. The molecule has 0 amide bonds. The summed E-state index contributed by atoms with van der Waals surface area (Å²) in [6.07, 6.45) is 4.88. The maximum Gasteiger partial charge on any atom is 0.462 e. The maximum absolute atomic E-state index is 6.43. The molecule has 1 heterocycles. The van der Waals surface area contributed by atoms with Gasteiger partial charge in [0, 0.05) is 6.32 Å². The average molecular weight is 274 g/mol. The molecule has 2 nitrogen and oxygen atoms in total. The van der Waals surface area contributed by atoms with Crippen molar-refractivity contribution in [1.82, 2.24) is 0 Å². The second-order valence-corrected chi connectivity index (χ2v) is 5.76. The molecule has 1 saturated heterocycles. The highest BCUT2D eigenvalue weighted by Crippen LogP contribution is 2.47. The zero-order valence-electron chi connectivity index (χ0n) is 13.3. The van der Waals surface area contributed by atoms with E-state index in [0.717, 1.165) is 32.0 Å². The fraction of sp³-hybridized carbons (Fsp3) is 0.647. The van der Waals surface area contributed by atoms with Gasteiger partial charge in [0.2, 0.25) is 0 Å². The number of benzene rings is 1. The Bertz CT molecular complexity index is 390. The zero-order valence-corrected chi connectivity index (χ0v) is 13.3. The molecule has 0 aliphatic carbocycles. The van der Waals surface area contributed by atoms with Crippen molar-refractivity contribution in [3.63, 3.8) is 0 Å². The molecule has 1 aromatic rings. The van der Waals surface area contributed by atoms with Crippen molar-refractivity contribution in [1.29, 1.82) is 0 Å². The van der Waals surface area contributed by atoms with Crippen molar-refractivity contribution in [3.05, 3.63) is 35.9 Å². The van der Waals surface area contributed by atoms with E-state index in [1.807, 2.05) is 6.07 Å². The quantitative estimate of drug-likeness (QED) is 0.715. The van der Waals surface area contributed by atoms with Gasteiger partial charge in [-0.15, -0.1) is 0 Å². The highest BCUT2D eigenvalue weighted by atomic mass is 16.7. The van der Waals surface area contributed by atoms with Crippen LogP contribution in [0.1, 0.15) is 58.9 Å². The van der Waals surface area contributed by atoms with Crippen LogP contribution >= 0.6 is 0 Å². The molecule has 110 valence electrons. The second-order valence-electron chi connectivity index (χ2n) is 5.76. The fourth-order valence-electron chi connectivity index (χ4n) is 3.75. The van der Waals surface area contributed by atoms with Crippen LogP contribution in [0.25, 0.3) is 0 Å². The van der Waals surface area contributed by atoms with Gasteiger partial charge >= 0.3 is 7.12 Å². The largest absolute Gasteiger partial charge is 0.462 e. The summed E-state index contributed by atoms with van der Waals surface area (Å²) in [6, 6.07) is 10.5. The number of hydrogen-bond acceptors (Lipinski definition) is 2. The van der Waals surface area contributed by atoms with Crippen molar-refractivity contribution in [2.45, 2.75) is 70.9 Å². The Labute approximate surface area is 124 Å². The van der Waals surface area contributed by atoms with E-state index in [1.165, 1.54) is 5.56 Å². The first kappa shape index (κ1) is 15.6. The van der Waals surface area contributed by atoms with E-state index in [9.17, 15) is 0 Å². The van der Waals surface area contributed by atoms with Crippen LogP contribution in [0.2, 0.25) is 0 Å². The molecule has 1 aliphatic rings. The van der Waals surface area contributed by atoms with Gasteiger partial charge in [0.25, 0.3) is 0 Å². The lowest BCUT2D eigenvalue weighted by molar-refractivity contribution is -0.0601. The van der Waals surface area contributed by atoms with Crippen LogP contribution in [0.3, 0.4) is 0 Å². The van der Waals surface area contributed by atoms with Crippen LogP contribution in [-0.4, -0.2) is 18.3 Å². The summed E-state index contributed by atoms with van der Waals surface area (Å²) in [6.45, 7) is 8.88. The highest BCUT2D eigenvalue weighted by Gasteiger charge is 2.57. The van der Waals surface area contributed by atoms with Gasteiger partial charge in [-0.3, -0.25) is 0 Å². The molecule has 0 N–H and O–H groups in total. The van der Waals surface area contributed by atoms with E-state index >= 15 is 0 Å². The minimum Gasteiger partial charge on any atom is -0.402 e. The third-order valence-corrected chi connectivity index (χ3v) is 5.07. The van der Waals surface area contributed by atoms with Gasteiger partial charge in [0.1, 0.15) is 0 Å². The van der Waals surface area contributed by atoms with Gasteiger partial charge in [-0.25, -0.2) is 0 Å². The summed E-state index contributed by atoms with van der Waals surface area (Å²) in [7, 11) is -0.114. The molecule has 1 aromatic carbocycles. The normalized spacial score (nSPS) is 20.3. The van der Waals surface area contributed by atoms with Crippen LogP contribution in [0, 0.1) is 0 Å². The monoisotopic (exact) mass is 274 g/mol. The molecule has 0 atom stereocenters. The first-order valence-electron chi connectivity index (χ1n) is 8.04. The Morgan fingerprint density at radius 1 is 0.800 bits per heavy atom. The van der Waals surface area contributed by atoms with Crippen LogP contribution in [0.15, 0.2) is 30.3 Å². The molecule has 0 unspecified atom stereocenters. The van der Waals surface area contributed by atoms with Crippen molar-refractivity contribution in [2.24, 2.45) is 0 Å². The SMILES string of the molecule is CCC1(CC)OB(Cc2ccccc2)OC1(CC)CC. The molecule has 1 aliphatic heterocycles. The summed E-state index contributed by atoms with van der Waals surface area (Å²) in [4.78, 5) is 0. The molecule has 0 saturated carbocycles. The minimum atomic E-state index is -0.129. The van der Waals surface area contributed by atoms with Crippen LogP contribution in [-0.2, 0) is 15.6 Å². The molecule has 0 bridgehead atoms. The van der Waals surface area contributed by atoms with Gasteiger partial charge in [-0.2, -0.15) is 0 Å². The van der Waals surface area contributed by atoms with Gasteiger partial charge in [-0.1, -0.05) is 63.6 Å². The Morgan fingerprint density at radius 3 is 1.65 bits per heavy atom. The van der Waals surface area contributed by atoms with Crippen LogP contribution in [0.5, 0.6) is 0 Å². The lowest BCUT2D eigenvalue weighted by Gasteiger charge is -2.42. The van der Waals surface area contributed by atoms with Crippen molar-refractivity contribution < 1.29 is 9.31 Å². The fourth-order valence-corrected chi connectivity index (χ4v) is 3.75. The van der Waals surface area contributed by atoms with Gasteiger partial charge in [-0.05, 0) is 25.7 Å². The van der Waals surface area contributed by atoms with Gasteiger partial charge in [0.05, 0.1) is 11.2 Å². The maximum atomic E-state index is 6.43. The number of rotatable bonds is 6. The Hall–Kier alpha value is -0.795. The van der Waals surface area contributed by atoms with Gasteiger partial charge < -0.3 is 9.31 Å². The summed E-state index contributed by atoms with van der Waals surface area (Å²) < 4.78 is 12.9. The number of hydrogen-bond donors (Lipinski definition) is 0. The molecule has 1 fully saturated rings. The van der Waals surface area contributed by atoms with Crippen LogP contribution < -0.4 is 0 Å². The molecule has 20 heavy (non-hydrogen) atoms. The summed E-state index contributed by atoms with van der Waals surface area (Å²) in [5.74, 6) is 0. The van der Waals surface area contributed by atoms with Gasteiger partial charge in [0.15, 0.2) is 0 Å². The first-order valence-corrected chi connectivity index (χ1v) is 8.04. The van der Waals surface area contributed by atoms with E-state index in [-0.39, 0.29) is 18.3 Å². The summed E-state index contributed by atoms with van der Waals surface area (Å²) in [5, 5.41) is 0. The Kier molecular flexibility index (Phi) is 4.93. The molecule has 2 rings (SSSR count). The van der Waals surface area contributed by atoms with Crippen molar-refractivity contribution >= 4 is 7.12 Å². The lowest BCUT2D eigenvalue weighted by Crippen LogP contribution is -2.50. The van der Waals surface area contributed by atoms with E-state index in [1.54, 1.807) is 0 Å². The molecule has 0 spiro atoms. The third kappa shape index (κ3) is 2.54. The minimum absolute atomic E-state index is 0.114. The predicted molar refractivity (Wildman–Crippen MR) is 84.7 cm³/mol. The smallest absolute Gasteiger partial charge is 0.402 e. The molecule has 3 heteroatoms. The standard InChI is InChI=1S/C17H27BO2/c1-5-16(6-2)17(7-3,8-4)20-18(19-16)14-15-12-10-9-11-13-15/h9-13H,5-8,14H2,1-4H3. The van der Waals surface area contributed by atoms with Crippen molar-refractivity contribution in [2.75, 3.05) is 0 Å². The Morgan fingerprint density at radius 2 is 1.25 bits per heavy atom. The van der Waals surface area contributed by atoms with E-state index in [0.29, 0.717) is 0 Å². The third-order valence-electron chi connectivity index (χ3n) is 5.07. The van der Waals surface area contributed by atoms with Crippen molar-refractivity contribution in [3.8, 4) is 0 Å². The lowest BCUT2D eigenvalue weighted by atomic mass is 9.75. The van der Waals surface area contributed by atoms with E-state index in [4.69, 9.17) is 9.31 Å².